The quantitative estimate of drug-likeness (QED) is 0.748. The van der Waals surface area contributed by atoms with Crippen molar-refractivity contribution in [1.29, 1.82) is 0 Å². The predicted molar refractivity (Wildman–Crippen MR) is 57.4 cm³/mol. The molecule has 0 radical (unpaired) electrons. The molecule has 2 rings (SSSR count). The average molecular weight is 215 g/mol. The third-order valence-electron chi connectivity index (χ3n) is 2.91. The summed E-state index contributed by atoms with van der Waals surface area (Å²) >= 11 is 2.05. The van der Waals surface area contributed by atoms with Crippen LogP contribution in [0.15, 0.2) is 0 Å². The molecule has 2 aliphatic heterocycles. The van der Waals surface area contributed by atoms with Gasteiger partial charge in [-0.15, -0.1) is 0 Å². The minimum Gasteiger partial charge on any atom is -0.367 e. The monoisotopic (exact) mass is 215 g/mol. The number of ether oxygens (including phenoxy) is 1. The van der Waals surface area contributed by atoms with E-state index in [9.17, 15) is 4.79 Å². The van der Waals surface area contributed by atoms with Crippen LogP contribution in [0.5, 0.6) is 0 Å². The standard InChI is InChI=1S/C10H17NO2S/c12-10-7-13-9(6-11-10)5-8-1-3-14-4-2-8/h8-9H,1-7H2,(H,11,12). The lowest BCUT2D eigenvalue weighted by Crippen LogP contribution is -2.43. The van der Waals surface area contributed by atoms with Crippen LogP contribution in [-0.2, 0) is 9.53 Å². The smallest absolute Gasteiger partial charge is 0.246 e. The molecule has 1 unspecified atom stereocenters. The normalized spacial score (nSPS) is 30.0. The van der Waals surface area contributed by atoms with Crippen LogP contribution in [0.1, 0.15) is 19.3 Å². The summed E-state index contributed by atoms with van der Waals surface area (Å²) in [5.41, 5.74) is 0. The molecule has 2 heterocycles. The van der Waals surface area contributed by atoms with Crippen LogP contribution in [0.25, 0.3) is 0 Å². The average Bonchev–Trinajstić information content (AvgIpc) is 2.23. The first-order chi connectivity index (χ1) is 6.84. The van der Waals surface area contributed by atoms with Crippen molar-refractivity contribution in [2.75, 3.05) is 24.7 Å². The molecule has 4 heteroatoms. The van der Waals surface area contributed by atoms with Crippen molar-refractivity contribution in [2.45, 2.75) is 25.4 Å². The van der Waals surface area contributed by atoms with E-state index in [1.807, 2.05) is 0 Å². The fraction of sp³-hybridized carbons (Fsp3) is 0.900. The highest BCUT2D eigenvalue weighted by molar-refractivity contribution is 7.99. The van der Waals surface area contributed by atoms with Gasteiger partial charge in [-0.3, -0.25) is 4.79 Å². The number of morpholine rings is 1. The summed E-state index contributed by atoms with van der Waals surface area (Å²) in [7, 11) is 0. The van der Waals surface area contributed by atoms with Crippen molar-refractivity contribution in [3.63, 3.8) is 0 Å². The molecule has 2 saturated heterocycles. The molecule has 3 nitrogen and oxygen atoms in total. The molecule has 1 amide bonds. The number of nitrogens with one attached hydrogen (secondary N) is 1. The molecular weight excluding hydrogens is 198 g/mol. The largest absolute Gasteiger partial charge is 0.367 e. The zero-order valence-electron chi connectivity index (χ0n) is 8.33. The molecule has 14 heavy (non-hydrogen) atoms. The molecule has 0 saturated carbocycles. The number of amides is 1. The zero-order chi connectivity index (χ0) is 9.80. The van der Waals surface area contributed by atoms with Gasteiger partial charge in [0.15, 0.2) is 0 Å². The van der Waals surface area contributed by atoms with Crippen LogP contribution in [-0.4, -0.2) is 36.7 Å². The molecule has 0 aliphatic carbocycles. The molecule has 80 valence electrons. The summed E-state index contributed by atoms with van der Waals surface area (Å²) in [5, 5.41) is 2.85. The second kappa shape index (κ2) is 5.03. The first-order valence-electron chi connectivity index (χ1n) is 5.30. The van der Waals surface area contributed by atoms with Crippen molar-refractivity contribution in [2.24, 2.45) is 5.92 Å². The second-order valence-corrected chi connectivity index (χ2v) is 5.25. The maximum absolute atomic E-state index is 10.9. The van der Waals surface area contributed by atoms with E-state index in [1.165, 1.54) is 24.3 Å². The summed E-state index contributed by atoms with van der Waals surface area (Å²) in [6.45, 7) is 0.967. The molecule has 2 aliphatic rings. The van der Waals surface area contributed by atoms with E-state index >= 15 is 0 Å². The zero-order valence-corrected chi connectivity index (χ0v) is 9.15. The first-order valence-corrected chi connectivity index (χ1v) is 6.46. The van der Waals surface area contributed by atoms with E-state index in [0.717, 1.165) is 12.3 Å². The van der Waals surface area contributed by atoms with Crippen molar-refractivity contribution >= 4 is 17.7 Å². The van der Waals surface area contributed by atoms with Gasteiger partial charge in [0.05, 0.1) is 6.10 Å². The van der Waals surface area contributed by atoms with Crippen LogP contribution in [0.2, 0.25) is 0 Å². The predicted octanol–water partition coefficient (Wildman–Crippen LogP) is 1.03. The van der Waals surface area contributed by atoms with E-state index in [1.54, 1.807) is 0 Å². The summed E-state index contributed by atoms with van der Waals surface area (Å²) in [6.07, 6.45) is 4.03. The fourth-order valence-corrected chi connectivity index (χ4v) is 3.24. The lowest BCUT2D eigenvalue weighted by molar-refractivity contribution is -0.133. The maximum atomic E-state index is 10.9. The lowest BCUT2D eigenvalue weighted by atomic mass is 9.95. The van der Waals surface area contributed by atoms with E-state index in [4.69, 9.17) is 4.74 Å². The van der Waals surface area contributed by atoms with E-state index in [2.05, 4.69) is 17.1 Å². The van der Waals surface area contributed by atoms with Crippen molar-refractivity contribution in [3.05, 3.63) is 0 Å². The second-order valence-electron chi connectivity index (χ2n) is 4.03. The van der Waals surface area contributed by atoms with E-state index in [0.29, 0.717) is 6.54 Å². The molecule has 1 N–H and O–H groups in total. The van der Waals surface area contributed by atoms with Gasteiger partial charge in [-0.25, -0.2) is 0 Å². The van der Waals surface area contributed by atoms with Crippen molar-refractivity contribution < 1.29 is 9.53 Å². The molecule has 0 bridgehead atoms. The molecule has 1 atom stereocenters. The molecule has 0 aromatic rings. The van der Waals surface area contributed by atoms with Gasteiger partial charge in [-0.2, -0.15) is 11.8 Å². The van der Waals surface area contributed by atoms with Crippen LogP contribution in [0.3, 0.4) is 0 Å². The number of thioether (sulfide) groups is 1. The highest BCUT2D eigenvalue weighted by Crippen LogP contribution is 2.27. The summed E-state index contributed by atoms with van der Waals surface area (Å²) < 4.78 is 5.47. The van der Waals surface area contributed by atoms with Crippen LogP contribution in [0, 0.1) is 5.92 Å². The fourth-order valence-electron chi connectivity index (χ4n) is 2.04. The van der Waals surface area contributed by atoms with Crippen molar-refractivity contribution in [1.82, 2.24) is 5.32 Å². The van der Waals surface area contributed by atoms with Crippen LogP contribution >= 0.6 is 11.8 Å². The van der Waals surface area contributed by atoms with Gasteiger partial charge in [-0.05, 0) is 36.7 Å². The number of carbonyl (C=O) groups excluding carboxylic acids is 1. The summed E-state index contributed by atoms with van der Waals surface area (Å²) in [5.74, 6) is 3.43. The van der Waals surface area contributed by atoms with Crippen molar-refractivity contribution in [3.8, 4) is 0 Å². The molecule has 0 spiro atoms. The third-order valence-corrected chi connectivity index (χ3v) is 3.96. The van der Waals surface area contributed by atoms with Gasteiger partial charge < -0.3 is 10.1 Å². The summed E-state index contributed by atoms with van der Waals surface area (Å²) in [6, 6.07) is 0. The Labute approximate surface area is 89.0 Å². The molecule has 0 aromatic heterocycles. The Morgan fingerprint density at radius 1 is 1.43 bits per heavy atom. The van der Waals surface area contributed by atoms with Crippen LogP contribution < -0.4 is 5.32 Å². The van der Waals surface area contributed by atoms with Gasteiger partial charge in [0.25, 0.3) is 0 Å². The number of hydrogen-bond acceptors (Lipinski definition) is 3. The van der Waals surface area contributed by atoms with Gasteiger partial charge in [0.1, 0.15) is 6.61 Å². The molecule has 0 aromatic carbocycles. The Morgan fingerprint density at radius 3 is 2.86 bits per heavy atom. The Bertz CT molecular complexity index is 194. The SMILES string of the molecule is O=C1COC(CC2CCSCC2)CN1. The van der Waals surface area contributed by atoms with E-state index in [-0.39, 0.29) is 18.6 Å². The number of rotatable bonds is 2. The van der Waals surface area contributed by atoms with Gasteiger partial charge >= 0.3 is 0 Å². The Kier molecular flexibility index (Phi) is 3.70. The van der Waals surface area contributed by atoms with Crippen LogP contribution in [0.4, 0.5) is 0 Å². The topological polar surface area (TPSA) is 38.3 Å². The number of hydrogen-bond donors (Lipinski definition) is 1. The molecular formula is C10H17NO2S. The molecule has 2 fully saturated rings. The van der Waals surface area contributed by atoms with Gasteiger partial charge in [0.2, 0.25) is 5.91 Å². The van der Waals surface area contributed by atoms with Gasteiger partial charge in [-0.1, -0.05) is 0 Å². The highest BCUT2D eigenvalue weighted by Gasteiger charge is 2.23. The first kappa shape index (κ1) is 10.3. The van der Waals surface area contributed by atoms with E-state index < -0.39 is 0 Å². The lowest BCUT2D eigenvalue weighted by Gasteiger charge is -2.28. The Hall–Kier alpha value is -0.220. The maximum Gasteiger partial charge on any atom is 0.246 e. The summed E-state index contributed by atoms with van der Waals surface area (Å²) in [4.78, 5) is 10.9. The number of carbonyl (C=O) groups is 1. The minimum atomic E-state index is 0.0282. The highest BCUT2D eigenvalue weighted by atomic mass is 32.2. The minimum absolute atomic E-state index is 0.0282. The Balaban J connectivity index is 1.71. The third kappa shape index (κ3) is 2.89. The van der Waals surface area contributed by atoms with Gasteiger partial charge in [0, 0.05) is 6.54 Å². The Morgan fingerprint density at radius 2 is 2.21 bits per heavy atom.